The molecule has 8 aliphatic rings. The first kappa shape index (κ1) is 21.9. The van der Waals surface area contributed by atoms with Crippen LogP contribution >= 0.6 is 0 Å². The lowest BCUT2D eigenvalue weighted by Crippen LogP contribution is -2.60. The standard InChI is InChI=1S/C25H32F2O6/c1-23(26,27)22(30)32-21-17-4-14-5-18(21)11-24(6-14,10-17)31-12-19(28)33-25-7-13-2-15(8-25)20(29)16(3-13)9-25/h13-18,21H,2-12H2,1H3. The van der Waals surface area contributed by atoms with E-state index in [1.165, 1.54) is 0 Å². The van der Waals surface area contributed by atoms with Gasteiger partial charge in [0.05, 0.1) is 5.60 Å². The van der Waals surface area contributed by atoms with E-state index in [9.17, 15) is 23.2 Å². The van der Waals surface area contributed by atoms with Crippen LogP contribution in [0.3, 0.4) is 0 Å². The molecule has 8 heteroatoms. The second-order valence-electron chi connectivity index (χ2n) is 12.1. The van der Waals surface area contributed by atoms with Gasteiger partial charge in [-0.25, -0.2) is 9.59 Å². The summed E-state index contributed by atoms with van der Waals surface area (Å²) in [5.41, 5.74) is -0.971. The number of carbonyl (C=O) groups excluding carboxylic acids is 3. The quantitative estimate of drug-likeness (QED) is 0.554. The average molecular weight is 467 g/mol. The average Bonchev–Trinajstić information content (AvgIpc) is 2.71. The van der Waals surface area contributed by atoms with E-state index in [1.807, 2.05) is 0 Å². The minimum absolute atomic E-state index is 0.00673. The van der Waals surface area contributed by atoms with Crippen molar-refractivity contribution in [3.05, 3.63) is 0 Å². The highest BCUT2D eigenvalue weighted by molar-refractivity contribution is 5.86. The Morgan fingerprint density at radius 2 is 1.48 bits per heavy atom. The molecule has 0 aliphatic heterocycles. The van der Waals surface area contributed by atoms with Gasteiger partial charge in [0.1, 0.15) is 24.1 Å². The van der Waals surface area contributed by atoms with Gasteiger partial charge in [-0.2, -0.15) is 8.78 Å². The molecule has 8 bridgehead atoms. The summed E-state index contributed by atoms with van der Waals surface area (Å²) in [7, 11) is 0. The molecule has 0 aromatic rings. The predicted octanol–water partition coefficient (Wildman–Crippen LogP) is 3.84. The molecular formula is C25H32F2O6. The van der Waals surface area contributed by atoms with E-state index in [4.69, 9.17) is 14.2 Å². The van der Waals surface area contributed by atoms with Crippen molar-refractivity contribution in [2.45, 2.75) is 94.4 Å². The SMILES string of the molecule is CC(F)(F)C(=O)OC1C2CC3CC1CC(OCC(=O)OC14CC5CC(C1)C(=O)C(C5)C4)(C3)C2. The number of Topliss-reactive ketones (excluding diaryl/α,β-unsaturated/α-hetero) is 1. The molecule has 0 aromatic carbocycles. The number of hydrogen-bond acceptors (Lipinski definition) is 6. The van der Waals surface area contributed by atoms with Gasteiger partial charge in [0, 0.05) is 18.8 Å². The predicted molar refractivity (Wildman–Crippen MR) is 110 cm³/mol. The Morgan fingerprint density at radius 3 is 2.09 bits per heavy atom. The van der Waals surface area contributed by atoms with Crippen LogP contribution < -0.4 is 0 Å². The number of ether oxygens (including phenoxy) is 3. The first-order valence-electron chi connectivity index (χ1n) is 12.5. The molecule has 8 rings (SSSR count). The maximum atomic E-state index is 13.4. The molecule has 0 saturated heterocycles. The first-order valence-corrected chi connectivity index (χ1v) is 12.5. The lowest BCUT2D eigenvalue weighted by Gasteiger charge is -2.58. The molecule has 8 fully saturated rings. The number of halogens is 2. The molecule has 0 amide bonds. The maximum absolute atomic E-state index is 13.4. The van der Waals surface area contributed by atoms with Crippen LogP contribution in [-0.4, -0.2) is 47.6 Å². The second kappa shape index (κ2) is 7.22. The van der Waals surface area contributed by atoms with Gasteiger partial charge in [-0.05, 0) is 87.9 Å². The Labute approximate surface area is 192 Å². The van der Waals surface area contributed by atoms with E-state index in [1.54, 1.807) is 0 Å². The molecule has 8 saturated carbocycles. The van der Waals surface area contributed by atoms with Crippen LogP contribution in [0.2, 0.25) is 0 Å². The summed E-state index contributed by atoms with van der Waals surface area (Å²) in [6.45, 7) is 0.445. The molecule has 0 aromatic heterocycles. The zero-order valence-corrected chi connectivity index (χ0v) is 19.0. The third kappa shape index (κ3) is 3.71. The van der Waals surface area contributed by atoms with Gasteiger partial charge in [-0.15, -0.1) is 0 Å². The van der Waals surface area contributed by atoms with Crippen molar-refractivity contribution in [2.24, 2.45) is 35.5 Å². The van der Waals surface area contributed by atoms with E-state index in [0.717, 1.165) is 38.5 Å². The van der Waals surface area contributed by atoms with E-state index in [2.05, 4.69) is 0 Å². The highest BCUT2D eigenvalue weighted by Crippen LogP contribution is 2.59. The summed E-state index contributed by atoms with van der Waals surface area (Å²) >= 11 is 0. The molecule has 4 atom stereocenters. The molecular weight excluding hydrogens is 434 g/mol. The molecule has 6 nitrogen and oxygen atoms in total. The summed E-state index contributed by atoms with van der Waals surface area (Å²) in [6.07, 6.45) is 7.32. The Morgan fingerprint density at radius 1 is 0.909 bits per heavy atom. The van der Waals surface area contributed by atoms with Crippen LogP contribution in [0, 0.1) is 35.5 Å². The van der Waals surface area contributed by atoms with Crippen LogP contribution in [-0.2, 0) is 28.6 Å². The second-order valence-corrected chi connectivity index (χ2v) is 12.1. The fraction of sp³-hybridized carbons (Fsp3) is 0.880. The van der Waals surface area contributed by atoms with Crippen molar-refractivity contribution in [1.29, 1.82) is 0 Å². The van der Waals surface area contributed by atoms with Crippen LogP contribution in [0.1, 0.15) is 71.1 Å². The molecule has 0 radical (unpaired) electrons. The Hall–Kier alpha value is -1.57. The lowest BCUT2D eigenvalue weighted by atomic mass is 9.53. The molecule has 8 aliphatic carbocycles. The van der Waals surface area contributed by atoms with Crippen molar-refractivity contribution >= 4 is 17.7 Å². The minimum Gasteiger partial charge on any atom is -0.457 e. The fourth-order valence-electron chi connectivity index (χ4n) is 8.78. The summed E-state index contributed by atoms with van der Waals surface area (Å²) in [4.78, 5) is 37.0. The Balaban J connectivity index is 1.08. The molecule has 182 valence electrons. The number of alkyl halides is 2. The fourth-order valence-corrected chi connectivity index (χ4v) is 8.78. The first-order chi connectivity index (χ1) is 15.5. The van der Waals surface area contributed by atoms with Gasteiger partial charge in [0.15, 0.2) is 0 Å². The minimum atomic E-state index is -3.49. The van der Waals surface area contributed by atoms with Crippen LogP contribution in [0.5, 0.6) is 0 Å². The summed E-state index contributed by atoms with van der Waals surface area (Å²) in [5.74, 6) is -3.99. The highest BCUT2D eigenvalue weighted by Gasteiger charge is 2.59. The number of carbonyl (C=O) groups is 3. The van der Waals surface area contributed by atoms with E-state index in [-0.39, 0.29) is 36.2 Å². The largest absolute Gasteiger partial charge is 0.457 e. The molecule has 0 spiro atoms. The Kier molecular flexibility index (Phi) is 4.80. The Bertz CT molecular complexity index is 847. The van der Waals surface area contributed by atoms with Crippen LogP contribution in [0.25, 0.3) is 0 Å². The third-order valence-electron chi connectivity index (χ3n) is 9.50. The van der Waals surface area contributed by atoms with Crippen molar-refractivity contribution < 1.29 is 37.4 Å². The molecule has 0 N–H and O–H groups in total. The van der Waals surface area contributed by atoms with Gasteiger partial charge in [-0.1, -0.05) is 0 Å². The number of esters is 2. The molecule has 33 heavy (non-hydrogen) atoms. The van der Waals surface area contributed by atoms with Gasteiger partial charge in [0.25, 0.3) is 0 Å². The maximum Gasteiger partial charge on any atom is 0.376 e. The normalized spacial score (nSPS) is 47.1. The van der Waals surface area contributed by atoms with Crippen LogP contribution in [0.4, 0.5) is 8.78 Å². The van der Waals surface area contributed by atoms with Crippen molar-refractivity contribution in [3.8, 4) is 0 Å². The van der Waals surface area contributed by atoms with E-state index < -0.39 is 29.2 Å². The third-order valence-corrected chi connectivity index (χ3v) is 9.50. The number of ketones is 1. The summed E-state index contributed by atoms with van der Waals surface area (Å²) in [5, 5.41) is 0. The number of hydrogen-bond donors (Lipinski definition) is 0. The number of rotatable bonds is 6. The summed E-state index contributed by atoms with van der Waals surface area (Å²) < 4.78 is 44.3. The van der Waals surface area contributed by atoms with Crippen molar-refractivity contribution in [1.82, 2.24) is 0 Å². The van der Waals surface area contributed by atoms with Gasteiger partial charge < -0.3 is 14.2 Å². The van der Waals surface area contributed by atoms with E-state index >= 15 is 0 Å². The summed E-state index contributed by atoms with van der Waals surface area (Å²) in [6, 6.07) is 0. The topological polar surface area (TPSA) is 78.9 Å². The monoisotopic (exact) mass is 466 g/mol. The molecule has 0 heterocycles. The van der Waals surface area contributed by atoms with Gasteiger partial charge >= 0.3 is 17.9 Å². The van der Waals surface area contributed by atoms with Crippen LogP contribution in [0.15, 0.2) is 0 Å². The van der Waals surface area contributed by atoms with Crippen molar-refractivity contribution in [3.63, 3.8) is 0 Å². The van der Waals surface area contributed by atoms with Gasteiger partial charge in [-0.3, -0.25) is 4.79 Å². The molecule has 4 unspecified atom stereocenters. The zero-order chi connectivity index (χ0) is 23.2. The van der Waals surface area contributed by atoms with Crippen molar-refractivity contribution in [2.75, 3.05) is 6.61 Å². The highest BCUT2D eigenvalue weighted by atomic mass is 19.3. The lowest BCUT2D eigenvalue weighted by molar-refractivity contribution is -0.229. The zero-order valence-electron chi connectivity index (χ0n) is 19.0. The smallest absolute Gasteiger partial charge is 0.376 e. The van der Waals surface area contributed by atoms with E-state index in [0.29, 0.717) is 50.2 Å². The van der Waals surface area contributed by atoms with Gasteiger partial charge in [0.2, 0.25) is 0 Å².